The minimum atomic E-state index is -0.368. The molecule has 2 aromatic carbocycles. The fraction of sp³-hybridized carbons (Fsp3) is 0.150. The number of hydrogen-bond acceptors (Lipinski definition) is 7. The number of aryl methyl sites for hydroxylation is 1. The molecule has 3 N–H and O–H groups in total. The van der Waals surface area contributed by atoms with Crippen molar-refractivity contribution >= 4 is 34.9 Å². The molecule has 6 nitrogen and oxygen atoms in total. The minimum Gasteiger partial charge on any atom is -0.462 e. The Labute approximate surface area is 162 Å². The SMILES string of the molecule is CCOC(=O)c1cccc(Nc2ncnc(Sc3ccc(C)cc3)c2N)c1. The van der Waals surface area contributed by atoms with Gasteiger partial charge >= 0.3 is 5.97 Å². The van der Waals surface area contributed by atoms with Gasteiger partial charge in [0.25, 0.3) is 0 Å². The van der Waals surface area contributed by atoms with E-state index in [1.807, 2.05) is 37.3 Å². The number of carbonyl (C=O) groups excluding carboxylic acids is 1. The molecule has 0 fully saturated rings. The number of anilines is 3. The Morgan fingerprint density at radius 2 is 1.96 bits per heavy atom. The van der Waals surface area contributed by atoms with Crippen LogP contribution < -0.4 is 11.1 Å². The van der Waals surface area contributed by atoms with Crippen molar-refractivity contribution in [2.45, 2.75) is 23.8 Å². The summed E-state index contributed by atoms with van der Waals surface area (Å²) in [6.07, 6.45) is 1.46. The van der Waals surface area contributed by atoms with Gasteiger partial charge in [-0.15, -0.1) is 0 Å². The second kappa shape index (κ2) is 8.55. The van der Waals surface area contributed by atoms with Gasteiger partial charge in [0.1, 0.15) is 17.0 Å². The van der Waals surface area contributed by atoms with Crippen molar-refractivity contribution in [2.24, 2.45) is 0 Å². The van der Waals surface area contributed by atoms with Gasteiger partial charge in [-0.3, -0.25) is 0 Å². The molecule has 0 radical (unpaired) electrons. The Morgan fingerprint density at radius 1 is 1.19 bits per heavy atom. The number of aromatic nitrogens is 2. The molecule has 0 atom stereocenters. The maximum absolute atomic E-state index is 11.9. The van der Waals surface area contributed by atoms with Crippen LogP contribution in [-0.4, -0.2) is 22.5 Å². The van der Waals surface area contributed by atoms with Gasteiger partial charge in [0.15, 0.2) is 5.82 Å². The number of esters is 1. The van der Waals surface area contributed by atoms with Gasteiger partial charge in [0, 0.05) is 10.6 Å². The highest BCUT2D eigenvalue weighted by molar-refractivity contribution is 7.99. The van der Waals surface area contributed by atoms with E-state index in [9.17, 15) is 4.79 Å². The lowest BCUT2D eigenvalue weighted by atomic mass is 10.2. The third-order valence-corrected chi connectivity index (χ3v) is 4.75. The first-order valence-electron chi connectivity index (χ1n) is 8.46. The smallest absolute Gasteiger partial charge is 0.338 e. The number of nitrogens with two attached hydrogens (primary N) is 1. The number of nitrogens with zero attached hydrogens (tertiary/aromatic N) is 2. The van der Waals surface area contributed by atoms with Gasteiger partial charge in [0.2, 0.25) is 0 Å². The van der Waals surface area contributed by atoms with Crippen LogP contribution in [0.2, 0.25) is 0 Å². The van der Waals surface area contributed by atoms with Crippen LogP contribution in [0.3, 0.4) is 0 Å². The summed E-state index contributed by atoms with van der Waals surface area (Å²) in [5.74, 6) is 0.119. The van der Waals surface area contributed by atoms with Crippen LogP contribution >= 0.6 is 11.8 Å². The first-order valence-corrected chi connectivity index (χ1v) is 9.27. The summed E-state index contributed by atoms with van der Waals surface area (Å²) in [6, 6.07) is 15.1. The molecule has 0 saturated carbocycles. The molecule has 1 aromatic heterocycles. The Bertz CT molecular complexity index is 945. The molecule has 0 aliphatic heterocycles. The first kappa shape index (κ1) is 18.7. The molecule has 0 spiro atoms. The molecule has 0 saturated heterocycles. The van der Waals surface area contributed by atoms with Crippen molar-refractivity contribution in [3.8, 4) is 0 Å². The Kier molecular flexibility index (Phi) is 5.93. The van der Waals surface area contributed by atoms with E-state index in [-0.39, 0.29) is 5.97 Å². The van der Waals surface area contributed by atoms with Crippen LogP contribution in [0.25, 0.3) is 0 Å². The van der Waals surface area contributed by atoms with Gasteiger partial charge in [-0.05, 0) is 44.2 Å². The molecule has 7 heteroatoms. The summed E-state index contributed by atoms with van der Waals surface area (Å²) in [4.78, 5) is 21.4. The lowest BCUT2D eigenvalue weighted by Crippen LogP contribution is -2.06. The van der Waals surface area contributed by atoms with Gasteiger partial charge in [-0.25, -0.2) is 14.8 Å². The zero-order chi connectivity index (χ0) is 19.2. The number of nitrogens with one attached hydrogen (secondary N) is 1. The maximum atomic E-state index is 11.9. The third-order valence-electron chi connectivity index (χ3n) is 3.72. The molecule has 27 heavy (non-hydrogen) atoms. The normalized spacial score (nSPS) is 10.4. The summed E-state index contributed by atoms with van der Waals surface area (Å²) in [6.45, 7) is 4.14. The van der Waals surface area contributed by atoms with E-state index >= 15 is 0 Å². The molecule has 138 valence electrons. The Hall–Kier alpha value is -3.06. The van der Waals surface area contributed by atoms with E-state index in [0.717, 1.165) is 4.90 Å². The molecule has 0 amide bonds. The maximum Gasteiger partial charge on any atom is 0.338 e. The van der Waals surface area contributed by atoms with Gasteiger partial charge < -0.3 is 15.8 Å². The summed E-state index contributed by atoms with van der Waals surface area (Å²) in [5.41, 5.74) is 9.05. The van der Waals surface area contributed by atoms with E-state index in [1.54, 1.807) is 25.1 Å². The van der Waals surface area contributed by atoms with Crippen molar-refractivity contribution < 1.29 is 9.53 Å². The highest BCUT2D eigenvalue weighted by Gasteiger charge is 2.12. The lowest BCUT2D eigenvalue weighted by Gasteiger charge is -2.12. The Balaban J connectivity index is 1.81. The van der Waals surface area contributed by atoms with Crippen LogP contribution in [0.1, 0.15) is 22.8 Å². The highest BCUT2D eigenvalue weighted by atomic mass is 32.2. The van der Waals surface area contributed by atoms with E-state index in [0.29, 0.717) is 34.4 Å². The molecule has 0 aliphatic rings. The fourth-order valence-corrected chi connectivity index (χ4v) is 3.16. The average Bonchev–Trinajstić information content (AvgIpc) is 2.67. The lowest BCUT2D eigenvalue weighted by molar-refractivity contribution is 0.0526. The van der Waals surface area contributed by atoms with Crippen molar-refractivity contribution in [1.29, 1.82) is 0 Å². The molecule has 0 bridgehead atoms. The van der Waals surface area contributed by atoms with Crippen LogP contribution in [-0.2, 0) is 4.74 Å². The summed E-state index contributed by atoms with van der Waals surface area (Å²) in [7, 11) is 0. The van der Waals surface area contributed by atoms with Crippen LogP contribution in [0, 0.1) is 6.92 Å². The standard InChI is InChI=1S/C20H20N4O2S/c1-3-26-20(25)14-5-4-6-15(11-14)24-18-17(21)19(23-12-22-18)27-16-9-7-13(2)8-10-16/h4-12H,3,21H2,1-2H3,(H,22,23,24). The van der Waals surface area contributed by atoms with E-state index in [1.165, 1.54) is 23.7 Å². The molecule has 3 aromatic rings. The molecular formula is C20H20N4O2S. The second-order valence-corrected chi connectivity index (χ2v) is 6.84. The zero-order valence-corrected chi connectivity index (χ0v) is 15.9. The van der Waals surface area contributed by atoms with Crippen molar-refractivity contribution in [3.05, 3.63) is 66.0 Å². The predicted octanol–water partition coefficient (Wildman–Crippen LogP) is 4.44. The van der Waals surface area contributed by atoms with Crippen LogP contribution in [0.4, 0.5) is 17.2 Å². The van der Waals surface area contributed by atoms with E-state index in [4.69, 9.17) is 10.5 Å². The van der Waals surface area contributed by atoms with Gasteiger partial charge in [-0.1, -0.05) is 35.5 Å². The number of rotatable bonds is 6. The molecule has 0 aliphatic carbocycles. The van der Waals surface area contributed by atoms with Gasteiger partial charge in [0.05, 0.1) is 12.2 Å². The third kappa shape index (κ3) is 4.77. The molecule has 0 unspecified atom stereocenters. The molecular weight excluding hydrogens is 360 g/mol. The number of hydrogen-bond donors (Lipinski definition) is 2. The number of ether oxygens (including phenoxy) is 1. The average molecular weight is 380 g/mol. The monoisotopic (exact) mass is 380 g/mol. The van der Waals surface area contributed by atoms with Crippen LogP contribution in [0.5, 0.6) is 0 Å². The van der Waals surface area contributed by atoms with Crippen molar-refractivity contribution in [1.82, 2.24) is 9.97 Å². The number of carbonyl (C=O) groups is 1. The minimum absolute atomic E-state index is 0.328. The first-order chi connectivity index (χ1) is 13.1. The summed E-state index contributed by atoms with van der Waals surface area (Å²) < 4.78 is 5.03. The molecule has 3 rings (SSSR count). The number of nitrogen functional groups attached to an aromatic ring is 1. The predicted molar refractivity (Wildman–Crippen MR) is 107 cm³/mol. The number of benzene rings is 2. The summed E-state index contributed by atoms with van der Waals surface area (Å²) >= 11 is 1.47. The van der Waals surface area contributed by atoms with Crippen molar-refractivity contribution in [2.75, 3.05) is 17.7 Å². The van der Waals surface area contributed by atoms with Crippen LogP contribution in [0.15, 0.2) is 64.8 Å². The topological polar surface area (TPSA) is 90.1 Å². The zero-order valence-electron chi connectivity index (χ0n) is 15.1. The highest BCUT2D eigenvalue weighted by Crippen LogP contribution is 2.34. The summed E-state index contributed by atoms with van der Waals surface area (Å²) in [5, 5.41) is 3.81. The van der Waals surface area contributed by atoms with E-state index < -0.39 is 0 Å². The van der Waals surface area contributed by atoms with Crippen molar-refractivity contribution in [3.63, 3.8) is 0 Å². The van der Waals surface area contributed by atoms with E-state index in [2.05, 4.69) is 15.3 Å². The van der Waals surface area contributed by atoms with Gasteiger partial charge in [-0.2, -0.15) is 0 Å². The second-order valence-electron chi connectivity index (χ2n) is 5.78. The largest absolute Gasteiger partial charge is 0.462 e. The Morgan fingerprint density at radius 3 is 2.70 bits per heavy atom. The fourth-order valence-electron chi connectivity index (χ4n) is 2.35. The molecule has 1 heterocycles. The quantitative estimate of drug-likeness (QED) is 0.482.